The molecule has 0 radical (unpaired) electrons. The van der Waals surface area contributed by atoms with Gasteiger partial charge in [0.15, 0.2) is 0 Å². The topological polar surface area (TPSA) is 52.6 Å². The van der Waals surface area contributed by atoms with Crippen LogP contribution in [0.2, 0.25) is 0 Å². The molecule has 0 aromatic rings. The van der Waals surface area contributed by atoms with Crippen LogP contribution in [0.5, 0.6) is 0 Å². The zero-order valence-corrected chi connectivity index (χ0v) is 15.2. The van der Waals surface area contributed by atoms with Crippen molar-refractivity contribution in [3.63, 3.8) is 0 Å². The Labute approximate surface area is 134 Å². The van der Waals surface area contributed by atoms with Crippen LogP contribution in [0.25, 0.3) is 0 Å². The molecule has 0 aliphatic carbocycles. The lowest BCUT2D eigenvalue weighted by molar-refractivity contribution is -0.148. The minimum Gasteiger partial charge on any atom is -0.464 e. The molecule has 0 saturated heterocycles. The van der Waals surface area contributed by atoms with Gasteiger partial charge >= 0.3 is 11.9 Å². The fourth-order valence-corrected chi connectivity index (χ4v) is 2.68. The van der Waals surface area contributed by atoms with Crippen molar-refractivity contribution in [3.8, 4) is 0 Å². The average molecular weight is 504 g/mol. The van der Waals surface area contributed by atoms with E-state index in [0.717, 1.165) is 0 Å². The molecule has 0 aromatic heterocycles. The summed E-state index contributed by atoms with van der Waals surface area (Å²) >= 11 is 12.7. The van der Waals surface area contributed by atoms with Crippen LogP contribution in [0.1, 0.15) is 0 Å². The van der Waals surface area contributed by atoms with E-state index < -0.39 is 5.41 Å². The third kappa shape index (κ3) is 7.12. The van der Waals surface area contributed by atoms with E-state index in [1.807, 2.05) is 0 Å². The molecule has 0 aromatic carbocycles. The van der Waals surface area contributed by atoms with E-state index in [-0.39, 0.29) is 35.8 Å². The predicted octanol–water partition coefficient (Wildman–Crippen LogP) is 2.64. The molecule has 0 saturated carbocycles. The Hall–Kier alpha value is 0.860. The Kier molecular flexibility index (Phi) is 10.2. The lowest BCUT2D eigenvalue weighted by Gasteiger charge is -2.28. The van der Waals surface area contributed by atoms with Crippen LogP contribution in [0.15, 0.2) is 0 Å². The Bertz CT molecular complexity index is 233. The second-order valence-corrected chi connectivity index (χ2v) is 5.60. The first-order valence-electron chi connectivity index (χ1n) is 4.58. The molecule has 0 atom stereocenters. The monoisotopic (exact) mass is 500 g/mol. The Morgan fingerprint density at radius 1 is 0.824 bits per heavy atom. The first-order chi connectivity index (χ1) is 8.03. The van der Waals surface area contributed by atoms with Gasteiger partial charge in [0.25, 0.3) is 0 Å². The number of halogens is 4. The van der Waals surface area contributed by atoms with Gasteiger partial charge < -0.3 is 9.47 Å². The summed E-state index contributed by atoms with van der Waals surface area (Å²) in [5, 5.41) is 1.40. The lowest BCUT2D eigenvalue weighted by Crippen LogP contribution is -2.38. The zero-order valence-electron chi connectivity index (χ0n) is 8.89. The van der Waals surface area contributed by atoms with E-state index in [2.05, 4.69) is 63.7 Å². The van der Waals surface area contributed by atoms with Crippen molar-refractivity contribution in [1.29, 1.82) is 0 Å². The maximum atomic E-state index is 11.1. The summed E-state index contributed by atoms with van der Waals surface area (Å²) in [4.78, 5) is 22.1. The van der Waals surface area contributed by atoms with Gasteiger partial charge in [-0.15, -0.1) is 0 Å². The molecule has 0 aliphatic rings. The van der Waals surface area contributed by atoms with Crippen LogP contribution in [0.4, 0.5) is 0 Å². The minimum atomic E-state index is -0.449. The normalized spacial score (nSPS) is 11.1. The molecule has 0 aliphatic heterocycles. The van der Waals surface area contributed by atoms with Gasteiger partial charge in [-0.1, -0.05) is 63.7 Å². The largest absolute Gasteiger partial charge is 0.464 e. The molecular formula is C9H12Br4O4. The number of carbonyl (C=O) groups is 2. The molecule has 0 bridgehead atoms. The predicted molar refractivity (Wildman–Crippen MR) is 79.5 cm³/mol. The van der Waals surface area contributed by atoms with E-state index in [4.69, 9.17) is 9.47 Å². The maximum absolute atomic E-state index is 11.1. The van der Waals surface area contributed by atoms with Crippen LogP contribution in [-0.2, 0) is 19.1 Å². The number of esters is 2. The summed E-state index contributed by atoms with van der Waals surface area (Å²) in [6, 6.07) is 0. The summed E-state index contributed by atoms with van der Waals surface area (Å²) in [7, 11) is 0. The van der Waals surface area contributed by atoms with Crippen LogP contribution in [0, 0.1) is 5.41 Å². The van der Waals surface area contributed by atoms with Gasteiger partial charge in [-0.3, -0.25) is 9.59 Å². The van der Waals surface area contributed by atoms with Crippen LogP contribution < -0.4 is 0 Å². The van der Waals surface area contributed by atoms with Crippen LogP contribution >= 0.6 is 63.7 Å². The fourth-order valence-electron chi connectivity index (χ4n) is 0.776. The summed E-state index contributed by atoms with van der Waals surface area (Å²) in [5.41, 5.74) is -0.449. The van der Waals surface area contributed by atoms with Crippen molar-refractivity contribution < 1.29 is 19.1 Å². The third-order valence-electron chi connectivity index (χ3n) is 1.86. The van der Waals surface area contributed by atoms with E-state index in [9.17, 15) is 9.59 Å². The number of hydrogen-bond acceptors (Lipinski definition) is 4. The smallest absolute Gasteiger partial charge is 0.316 e. The molecule has 0 rings (SSSR count). The molecule has 100 valence electrons. The zero-order chi connectivity index (χ0) is 13.3. The van der Waals surface area contributed by atoms with E-state index in [1.54, 1.807) is 0 Å². The highest BCUT2D eigenvalue weighted by Crippen LogP contribution is 2.24. The molecular weight excluding hydrogens is 492 g/mol. The second-order valence-electron chi connectivity index (χ2n) is 3.36. The van der Waals surface area contributed by atoms with Crippen molar-refractivity contribution in [2.24, 2.45) is 5.41 Å². The van der Waals surface area contributed by atoms with Gasteiger partial charge in [0, 0.05) is 10.7 Å². The fraction of sp³-hybridized carbons (Fsp3) is 0.778. The first kappa shape index (κ1) is 17.9. The molecule has 0 heterocycles. The second kappa shape index (κ2) is 9.75. The number of carbonyl (C=O) groups excluding carboxylic acids is 2. The lowest BCUT2D eigenvalue weighted by atomic mass is 9.96. The highest BCUT2D eigenvalue weighted by atomic mass is 79.9. The van der Waals surface area contributed by atoms with Gasteiger partial charge in [-0.25, -0.2) is 0 Å². The van der Waals surface area contributed by atoms with Crippen molar-refractivity contribution in [1.82, 2.24) is 0 Å². The molecule has 4 nitrogen and oxygen atoms in total. The van der Waals surface area contributed by atoms with Crippen molar-refractivity contribution in [3.05, 3.63) is 0 Å². The standard InChI is InChI=1S/C9H12Br4O4/c10-1-7(14)16-5-9(3-12,4-13)6-17-8(15)2-11/h1-6H2. The summed E-state index contributed by atoms with van der Waals surface area (Å²) in [6.07, 6.45) is 0. The van der Waals surface area contributed by atoms with Crippen molar-refractivity contribution in [2.45, 2.75) is 0 Å². The third-order valence-corrected chi connectivity index (χ3v) is 5.16. The molecule has 0 fully saturated rings. The van der Waals surface area contributed by atoms with Gasteiger partial charge in [-0.05, 0) is 0 Å². The minimum absolute atomic E-state index is 0.148. The SMILES string of the molecule is O=C(CBr)OCC(CBr)(CBr)COC(=O)CBr. The highest BCUT2D eigenvalue weighted by Gasteiger charge is 2.31. The Morgan fingerprint density at radius 3 is 1.41 bits per heavy atom. The maximum Gasteiger partial charge on any atom is 0.316 e. The van der Waals surface area contributed by atoms with Crippen LogP contribution in [-0.4, -0.2) is 46.5 Å². The molecule has 17 heavy (non-hydrogen) atoms. The van der Waals surface area contributed by atoms with Crippen molar-refractivity contribution in [2.75, 3.05) is 34.5 Å². The summed E-state index contributed by atoms with van der Waals surface area (Å²) in [6.45, 7) is 0.368. The number of alkyl halides is 4. The molecule has 8 heteroatoms. The molecule has 0 unspecified atom stereocenters. The number of ether oxygens (including phenoxy) is 2. The molecule has 0 spiro atoms. The van der Waals surface area contributed by atoms with E-state index in [1.165, 1.54) is 0 Å². The average Bonchev–Trinajstić information content (AvgIpc) is 2.38. The van der Waals surface area contributed by atoms with Gasteiger partial charge in [-0.2, -0.15) is 0 Å². The Balaban J connectivity index is 4.34. The van der Waals surface area contributed by atoms with Crippen LogP contribution in [0.3, 0.4) is 0 Å². The van der Waals surface area contributed by atoms with E-state index >= 15 is 0 Å². The quantitative estimate of drug-likeness (QED) is 0.378. The summed E-state index contributed by atoms with van der Waals surface area (Å²) in [5.74, 6) is -0.689. The van der Waals surface area contributed by atoms with E-state index in [0.29, 0.717) is 10.7 Å². The molecule has 0 amide bonds. The molecule has 0 N–H and O–H groups in total. The number of hydrogen-bond donors (Lipinski definition) is 0. The van der Waals surface area contributed by atoms with Crippen molar-refractivity contribution >= 4 is 75.7 Å². The van der Waals surface area contributed by atoms with Gasteiger partial charge in [0.05, 0.1) is 5.41 Å². The first-order valence-corrected chi connectivity index (χ1v) is 9.07. The van der Waals surface area contributed by atoms with Gasteiger partial charge in [0.1, 0.15) is 23.9 Å². The Morgan fingerprint density at radius 2 is 1.18 bits per heavy atom. The van der Waals surface area contributed by atoms with Gasteiger partial charge in [0.2, 0.25) is 0 Å². The summed E-state index contributed by atoms with van der Waals surface area (Å²) < 4.78 is 10.1. The highest BCUT2D eigenvalue weighted by molar-refractivity contribution is 9.10. The number of rotatable bonds is 8.